The molecule has 1 heterocycles. The number of rotatable bonds is 5. The van der Waals surface area contributed by atoms with Crippen LogP contribution in [-0.4, -0.2) is 40.1 Å². The number of hydroxylamine groups is 3. The van der Waals surface area contributed by atoms with Crippen LogP contribution in [0.15, 0.2) is 42.5 Å². The van der Waals surface area contributed by atoms with Gasteiger partial charge >= 0.3 is 6.18 Å². The molecule has 2 unspecified atom stereocenters. The first kappa shape index (κ1) is 23.8. The van der Waals surface area contributed by atoms with Crippen LogP contribution in [0.3, 0.4) is 0 Å². The molecule has 0 aromatic heterocycles. The van der Waals surface area contributed by atoms with Gasteiger partial charge in [-0.1, -0.05) is 41.4 Å². The minimum Gasteiger partial charge on any atom is -0.387 e. The topological polar surface area (TPSA) is 69.6 Å². The van der Waals surface area contributed by atoms with Gasteiger partial charge < -0.3 is 10.4 Å². The maximum absolute atomic E-state index is 13.0. The van der Waals surface area contributed by atoms with Gasteiger partial charge in [0.25, 0.3) is 0 Å². The van der Waals surface area contributed by atoms with Crippen molar-refractivity contribution in [1.29, 1.82) is 0 Å². The van der Waals surface area contributed by atoms with Crippen LogP contribution in [0.5, 0.6) is 0 Å². The first-order valence-electron chi connectivity index (χ1n) is 9.57. The van der Waals surface area contributed by atoms with Crippen molar-refractivity contribution in [2.24, 2.45) is 0 Å². The number of carbonyl (C=O) groups is 1. The van der Waals surface area contributed by atoms with Gasteiger partial charge in [-0.15, -0.1) is 0 Å². The molecule has 0 bridgehead atoms. The number of hydrogen-bond acceptors (Lipinski definition) is 3. The predicted molar refractivity (Wildman–Crippen MR) is 110 cm³/mol. The molecule has 1 amide bonds. The highest BCUT2D eigenvalue weighted by Crippen LogP contribution is 2.43. The number of nitrogens with one attached hydrogen (secondary N) is 1. The second-order valence-corrected chi connectivity index (χ2v) is 8.57. The lowest BCUT2D eigenvalue weighted by Crippen LogP contribution is -2.51. The third-order valence-electron chi connectivity index (χ3n) is 5.45. The molecule has 1 saturated heterocycles. The van der Waals surface area contributed by atoms with Gasteiger partial charge in [-0.2, -0.15) is 17.8 Å². The maximum atomic E-state index is 13.0. The fraction of sp³-hybridized carbons (Fsp3) is 0.381. The minimum atomic E-state index is -4.50. The molecule has 5 nitrogen and oxygen atoms in total. The molecule has 31 heavy (non-hydrogen) atoms. The van der Waals surface area contributed by atoms with Gasteiger partial charge in [0.2, 0.25) is 5.91 Å². The number of nitrogens with zero attached hydrogens (tertiary/aromatic N) is 1. The molecular weight excluding hydrogens is 456 g/mol. The fourth-order valence-corrected chi connectivity index (χ4v) is 4.37. The average molecular weight is 478 g/mol. The summed E-state index contributed by atoms with van der Waals surface area (Å²) in [5, 5.41) is 24.8. The van der Waals surface area contributed by atoms with Crippen molar-refractivity contribution in [3.8, 4) is 0 Å². The smallest absolute Gasteiger partial charge is 0.387 e. The van der Waals surface area contributed by atoms with E-state index >= 15 is 0 Å². The number of benzene rings is 2. The first-order chi connectivity index (χ1) is 14.4. The molecule has 10 heteroatoms. The average Bonchev–Trinajstić information content (AvgIpc) is 3.02. The van der Waals surface area contributed by atoms with Gasteiger partial charge in [-0.3, -0.25) is 4.79 Å². The number of likely N-dealkylation sites (tertiary alicyclic amines) is 1. The summed E-state index contributed by atoms with van der Waals surface area (Å²) in [6.45, 7) is 1.45. The van der Waals surface area contributed by atoms with Crippen molar-refractivity contribution in [2.45, 2.75) is 37.7 Å². The summed E-state index contributed by atoms with van der Waals surface area (Å²) in [5.41, 5.74) is 0.0604. The lowest BCUT2D eigenvalue weighted by molar-refractivity contribution is -1.12. The van der Waals surface area contributed by atoms with Crippen LogP contribution in [0, 0.1) is 0 Å². The largest absolute Gasteiger partial charge is 0.416 e. The lowest BCUT2D eigenvalue weighted by atomic mass is 9.91. The van der Waals surface area contributed by atoms with Gasteiger partial charge in [-0.05, 0) is 29.8 Å². The summed E-state index contributed by atoms with van der Waals surface area (Å²) in [7, 11) is 0. The van der Waals surface area contributed by atoms with Crippen molar-refractivity contribution in [2.75, 3.05) is 13.1 Å². The van der Waals surface area contributed by atoms with Crippen molar-refractivity contribution < 1.29 is 32.9 Å². The molecule has 2 aromatic rings. The Hall–Kier alpha value is -1.84. The Morgan fingerprint density at radius 2 is 1.74 bits per heavy atom. The van der Waals surface area contributed by atoms with E-state index in [4.69, 9.17) is 23.2 Å². The van der Waals surface area contributed by atoms with Gasteiger partial charge in [0.1, 0.15) is 25.2 Å². The number of aliphatic hydroxyl groups is 1. The standard InChI is InChI=1S/C21H21Cl2F3N2O3/c1-12(29)27-19(13-2-5-15(6-3-13)21(24,25)26)20(28(31)9-8-16(30)11-28)14-4-7-17(22)18(23)10-14/h2-7,10,16,19-20,30-31H,8-9,11H2,1H3/p+1/t16-,19-,20?,28?/m0/s1. The highest BCUT2D eigenvalue weighted by Gasteiger charge is 2.49. The molecule has 1 fully saturated rings. The third-order valence-corrected chi connectivity index (χ3v) is 6.19. The predicted octanol–water partition coefficient (Wildman–Crippen LogP) is 4.90. The Bertz CT molecular complexity index is 956. The van der Waals surface area contributed by atoms with E-state index in [1.54, 1.807) is 18.2 Å². The molecule has 1 aliphatic rings. The second kappa shape index (κ2) is 8.96. The summed E-state index contributed by atoms with van der Waals surface area (Å²) in [4.78, 5) is 12.0. The molecule has 0 aliphatic carbocycles. The highest BCUT2D eigenvalue weighted by atomic mass is 35.5. The number of alkyl halides is 3. The normalized spacial score (nSPS) is 23.4. The zero-order chi connectivity index (χ0) is 23.0. The van der Waals surface area contributed by atoms with E-state index in [9.17, 15) is 28.3 Å². The maximum Gasteiger partial charge on any atom is 0.416 e. The summed E-state index contributed by atoms with van der Waals surface area (Å²) >= 11 is 12.2. The quantitative estimate of drug-likeness (QED) is 0.536. The molecule has 3 N–H and O–H groups in total. The summed E-state index contributed by atoms with van der Waals surface area (Å²) in [5.74, 6) is -0.429. The van der Waals surface area contributed by atoms with Gasteiger partial charge in [0.15, 0.2) is 6.04 Å². The lowest BCUT2D eigenvalue weighted by Gasteiger charge is -2.39. The van der Waals surface area contributed by atoms with Crippen LogP contribution in [0.1, 0.15) is 42.1 Å². The zero-order valence-electron chi connectivity index (χ0n) is 16.5. The van der Waals surface area contributed by atoms with Gasteiger partial charge in [0.05, 0.1) is 15.6 Å². The van der Waals surface area contributed by atoms with E-state index in [1.165, 1.54) is 19.1 Å². The van der Waals surface area contributed by atoms with Gasteiger partial charge in [-0.25, -0.2) is 5.21 Å². The van der Waals surface area contributed by atoms with Crippen molar-refractivity contribution in [3.63, 3.8) is 0 Å². The van der Waals surface area contributed by atoms with Crippen molar-refractivity contribution in [3.05, 3.63) is 69.2 Å². The number of carbonyl (C=O) groups excluding carboxylic acids is 1. The van der Waals surface area contributed by atoms with E-state index in [1.807, 2.05) is 0 Å². The molecule has 0 saturated carbocycles. The Balaban J connectivity index is 2.13. The van der Waals surface area contributed by atoms with E-state index in [0.717, 1.165) is 12.1 Å². The Labute approximate surface area is 187 Å². The number of halogens is 5. The van der Waals surface area contributed by atoms with Crippen LogP contribution in [-0.2, 0) is 11.0 Å². The van der Waals surface area contributed by atoms with Crippen LogP contribution >= 0.6 is 23.2 Å². The second-order valence-electron chi connectivity index (χ2n) is 7.75. The molecule has 1 aliphatic heterocycles. The number of quaternary nitrogens is 1. The van der Waals surface area contributed by atoms with E-state index < -0.39 is 40.5 Å². The minimum absolute atomic E-state index is 0.0123. The SMILES string of the molecule is CC(=O)N[C@@H](c1ccc(C(F)(F)F)cc1)C(c1ccc(Cl)c(Cl)c1)[N+]1(O)CC[C@H](O)C1. The third kappa shape index (κ3) is 5.32. The van der Waals surface area contributed by atoms with Gasteiger partial charge in [0, 0.05) is 18.9 Å². The highest BCUT2D eigenvalue weighted by molar-refractivity contribution is 6.42. The molecule has 0 radical (unpaired) electrons. The van der Waals surface area contributed by atoms with Crippen LogP contribution in [0.25, 0.3) is 0 Å². The monoisotopic (exact) mass is 477 g/mol. The summed E-state index contributed by atoms with van der Waals surface area (Å²) < 4.78 is 38.4. The van der Waals surface area contributed by atoms with Crippen molar-refractivity contribution in [1.82, 2.24) is 5.32 Å². The first-order valence-corrected chi connectivity index (χ1v) is 10.3. The van der Waals surface area contributed by atoms with Crippen LogP contribution in [0.2, 0.25) is 10.0 Å². The summed E-state index contributed by atoms with van der Waals surface area (Å²) in [6, 6.07) is 7.38. The Morgan fingerprint density at radius 3 is 2.23 bits per heavy atom. The number of aliphatic hydroxyl groups excluding tert-OH is 1. The molecular formula is C21H22Cl2F3N2O3+. The molecule has 0 spiro atoms. The van der Waals surface area contributed by atoms with Crippen molar-refractivity contribution >= 4 is 29.1 Å². The molecule has 2 aromatic carbocycles. The Morgan fingerprint density at radius 1 is 1.13 bits per heavy atom. The Kier molecular flexibility index (Phi) is 6.88. The number of amides is 1. The van der Waals surface area contributed by atoms with E-state index in [2.05, 4.69) is 5.32 Å². The molecule has 168 valence electrons. The molecule has 4 atom stereocenters. The number of hydrogen-bond donors (Lipinski definition) is 3. The van der Waals surface area contributed by atoms with E-state index in [-0.39, 0.29) is 18.1 Å². The van der Waals surface area contributed by atoms with Crippen LogP contribution in [0.4, 0.5) is 13.2 Å². The van der Waals surface area contributed by atoms with Crippen LogP contribution < -0.4 is 5.32 Å². The van der Waals surface area contributed by atoms with E-state index in [0.29, 0.717) is 22.6 Å². The molecule has 3 rings (SSSR count). The fourth-order valence-electron chi connectivity index (χ4n) is 4.06. The summed E-state index contributed by atoms with van der Waals surface area (Å²) in [6.07, 6.45) is -4.94. The zero-order valence-corrected chi connectivity index (χ0v) is 18.0.